The Hall–Kier alpha value is -0.940. The van der Waals surface area contributed by atoms with Crippen LogP contribution in [0.25, 0.3) is 0 Å². The molecule has 2 aliphatic rings. The van der Waals surface area contributed by atoms with Gasteiger partial charge in [0.15, 0.2) is 0 Å². The van der Waals surface area contributed by atoms with Gasteiger partial charge in [0, 0.05) is 10.8 Å². The molecule has 0 saturated carbocycles. The third kappa shape index (κ3) is 2.99. The third-order valence-electron chi connectivity index (χ3n) is 4.46. The molecule has 0 aromatic carbocycles. The van der Waals surface area contributed by atoms with E-state index in [1.807, 2.05) is 6.92 Å². The Balaban J connectivity index is 1.62. The lowest BCUT2D eigenvalue weighted by atomic mass is 9.88. The van der Waals surface area contributed by atoms with E-state index in [1.165, 1.54) is 0 Å². The summed E-state index contributed by atoms with van der Waals surface area (Å²) in [6, 6.07) is -0.0299. The topological polar surface area (TPSA) is 51.2 Å². The van der Waals surface area contributed by atoms with Crippen LogP contribution in [0.3, 0.4) is 0 Å². The molecular formula is C16H24N2O2S. The Morgan fingerprint density at radius 1 is 1.48 bits per heavy atom. The van der Waals surface area contributed by atoms with Crippen molar-refractivity contribution in [1.82, 2.24) is 10.3 Å². The maximum Gasteiger partial charge on any atom is 0.226 e. The second-order valence-corrected chi connectivity index (χ2v) is 8.16. The average Bonchev–Trinajstić information content (AvgIpc) is 3.13. The number of aromatic nitrogens is 1. The fraction of sp³-hybridized carbons (Fsp3) is 0.750. The summed E-state index contributed by atoms with van der Waals surface area (Å²) < 4.78 is 5.77. The van der Waals surface area contributed by atoms with Crippen molar-refractivity contribution < 1.29 is 9.53 Å². The number of thiazole rings is 1. The van der Waals surface area contributed by atoms with E-state index < -0.39 is 0 Å². The molecule has 5 heteroatoms. The summed E-state index contributed by atoms with van der Waals surface area (Å²) >= 11 is 1.63. The quantitative estimate of drug-likeness (QED) is 0.933. The van der Waals surface area contributed by atoms with Crippen molar-refractivity contribution in [2.24, 2.45) is 5.92 Å². The molecule has 0 unspecified atom stereocenters. The maximum absolute atomic E-state index is 12.4. The molecule has 21 heavy (non-hydrogen) atoms. The molecule has 0 aliphatic carbocycles. The van der Waals surface area contributed by atoms with Gasteiger partial charge in [-0.2, -0.15) is 0 Å². The minimum Gasteiger partial charge on any atom is -0.374 e. The number of nitrogens with one attached hydrogen (secondary N) is 1. The van der Waals surface area contributed by atoms with Gasteiger partial charge in [-0.3, -0.25) is 4.79 Å². The van der Waals surface area contributed by atoms with Crippen LogP contribution in [-0.2, 0) is 14.9 Å². The minimum atomic E-state index is -0.0299. The summed E-state index contributed by atoms with van der Waals surface area (Å²) in [7, 11) is 0. The Morgan fingerprint density at radius 2 is 2.24 bits per heavy atom. The fourth-order valence-electron chi connectivity index (χ4n) is 3.13. The molecule has 3 heterocycles. The molecular weight excluding hydrogens is 284 g/mol. The maximum atomic E-state index is 12.4. The van der Waals surface area contributed by atoms with Crippen molar-refractivity contribution in [1.29, 1.82) is 0 Å². The highest BCUT2D eigenvalue weighted by atomic mass is 32.1. The van der Waals surface area contributed by atoms with Crippen LogP contribution < -0.4 is 5.32 Å². The summed E-state index contributed by atoms with van der Waals surface area (Å²) in [4.78, 5) is 17.1. The average molecular weight is 308 g/mol. The zero-order valence-electron chi connectivity index (χ0n) is 13.2. The van der Waals surface area contributed by atoms with Crippen molar-refractivity contribution in [3.63, 3.8) is 0 Å². The van der Waals surface area contributed by atoms with E-state index in [4.69, 9.17) is 4.74 Å². The molecule has 1 aromatic heterocycles. The van der Waals surface area contributed by atoms with E-state index in [9.17, 15) is 4.79 Å². The molecule has 1 aromatic rings. The van der Waals surface area contributed by atoms with Gasteiger partial charge in [-0.1, -0.05) is 20.8 Å². The molecule has 4 atom stereocenters. The van der Waals surface area contributed by atoms with Gasteiger partial charge >= 0.3 is 0 Å². The van der Waals surface area contributed by atoms with Gasteiger partial charge in [-0.15, -0.1) is 11.3 Å². The molecule has 1 N–H and O–H groups in total. The highest BCUT2D eigenvalue weighted by molar-refractivity contribution is 7.09. The second kappa shape index (κ2) is 5.36. The normalized spacial score (nSPS) is 29.6. The number of carbonyl (C=O) groups is 1. The summed E-state index contributed by atoms with van der Waals surface area (Å²) in [6.45, 7) is 8.47. The largest absolute Gasteiger partial charge is 0.374 e. The van der Waals surface area contributed by atoms with Crippen molar-refractivity contribution in [2.45, 2.75) is 70.6 Å². The van der Waals surface area contributed by atoms with Crippen LogP contribution >= 0.6 is 11.3 Å². The lowest BCUT2D eigenvalue weighted by Gasteiger charge is -2.20. The van der Waals surface area contributed by atoms with E-state index in [0.717, 1.165) is 30.0 Å². The molecule has 2 fully saturated rings. The molecule has 116 valence electrons. The van der Waals surface area contributed by atoms with E-state index in [2.05, 4.69) is 36.5 Å². The number of carbonyl (C=O) groups excluding carboxylic acids is 1. The zero-order chi connectivity index (χ0) is 15.2. The van der Waals surface area contributed by atoms with Gasteiger partial charge in [-0.25, -0.2) is 4.98 Å². The minimum absolute atomic E-state index is 0.0299. The third-order valence-corrected chi connectivity index (χ3v) is 5.49. The van der Waals surface area contributed by atoms with Gasteiger partial charge in [0.25, 0.3) is 0 Å². The first-order valence-electron chi connectivity index (χ1n) is 7.76. The first kappa shape index (κ1) is 15.0. The van der Waals surface area contributed by atoms with Gasteiger partial charge in [0.2, 0.25) is 5.91 Å². The number of hydrogen-bond donors (Lipinski definition) is 1. The highest BCUT2D eigenvalue weighted by Crippen LogP contribution is 2.39. The van der Waals surface area contributed by atoms with Crippen LogP contribution in [-0.4, -0.2) is 23.1 Å². The van der Waals surface area contributed by atoms with Crippen molar-refractivity contribution in [2.75, 3.05) is 0 Å². The molecule has 2 saturated heterocycles. The van der Waals surface area contributed by atoms with E-state index >= 15 is 0 Å². The van der Waals surface area contributed by atoms with Gasteiger partial charge < -0.3 is 10.1 Å². The standard InChI is InChI=1S/C16H24N2O2S/c1-9(15-18-13(8-21-15)16(2,3)4)17-14(19)11-7-10-5-6-12(11)20-10/h8-12H,5-7H2,1-4H3,(H,17,19)/t9-,10-,11-,12-/m1/s1. The fourth-order valence-corrected chi connectivity index (χ4v) is 4.18. The zero-order valence-corrected chi connectivity index (χ0v) is 14.0. The number of amides is 1. The van der Waals surface area contributed by atoms with Crippen molar-refractivity contribution in [3.05, 3.63) is 16.1 Å². The van der Waals surface area contributed by atoms with E-state index in [0.29, 0.717) is 6.10 Å². The first-order valence-corrected chi connectivity index (χ1v) is 8.64. The first-order chi connectivity index (χ1) is 9.84. The molecule has 1 amide bonds. The number of hydrogen-bond acceptors (Lipinski definition) is 4. The van der Waals surface area contributed by atoms with Crippen LogP contribution in [0.4, 0.5) is 0 Å². The van der Waals surface area contributed by atoms with Gasteiger partial charge in [0.05, 0.1) is 29.9 Å². The second-order valence-electron chi connectivity index (χ2n) is 7.27. The predicted octanol–water partition coefficient (Wildman–Crippen LogP) is 3.19. The smallest absolute Gasteiger partial charge is 0.226 e. The van der Waals surface area contributed by atoms with E-state index in [1.54, 1.807) is 11.3 Å². The van der Waals surface area contributed by atoms with Crippen LogP contribution in [0, 0.1) is 5.92 Å². The molecule has 2 aliphatic heterocycles. The summed E-state index contributed by atoms with van der Waals surface area (Å²) in [5.74, 6) is 0.162. The van der Waals surface area contributed by atoms with Crippen LogP contribution in [0.15, 0.2) is 5.38 Å². The molecule has 3 rings (SSSR count). The Bertz CT molecular complexity index is 535. The van der Waals surface area contributed by atoms with Crippen LogP contribution in [0.1, 0.15) is 63.7 Å². The molecule has 2 bridgehead atoms. The van der Waals surface area contributed by atoms with Gasteiger partial charge in [0.1, 0.15) is 5.01 Å². The number of fused-ring (bicyclic) bond motifs is 2. The Labute approximate surface area is 130 Å². The van der Waals surface area contributed by atoms with Crippen LogP contribution in [0.2, 0.25) is 0 Å². The van der Waals surface area contributed by atoms with Crippen molar-refractivity contribution in [3.8, 4) is 0 Å². The molecule has 0 radical (unpaired) electrons. The van der Waals surface area contributed by atoms with E-state index in [-0.39, 0.29) is 29.4 Å². The molecule has 0 spiro atoms. The number of nitrogens with zero attached hydrogens (tertiary/aromatic N) is 1. The predicted molar refractivity (Wildman–Crippen MR) is 83.4 cm³/mol. The number of ether oxygens (including phenoxy) is 1. The summed E-state index contributed by atoms with van der Waals surface area (Å²) in [6.07, 6.45) is 3.49. The molecule has 4 nitrogen and oxygen atoms in total. The lowest BCUT2D eigenvalue weighted by molar-refractivity contribution is -0.127. The highest BCUT2D eigenvalue weighted by Gasteiger charge is 2.44. The van der Waals surface area contributed by atoms with Gasteiger partial charge in [-0.05, 0) is 26.2 Å². The van der Waals surface area contributed by atoms with Crippen LogP contribution in [0.5, 0.6) is 0 Å². The Kier molecular flexibility index (Phi) is 3.82. The monoisotopic (exact) mass is 308 g/mol. The lowest BCUT2D eigenvalue weighted by Crippen LogP contribution is -2.37. The SMILES string of the molecule is C[C@@H](NC(=O)[C@@H]1C[C@H]2CC[C@H]1O2)c1nc(C(C)(C)C)cs1. The summed E-state index contributed by atoms with van der Waals surface area (Å²) in [5.41, 5.74) is 1.14. The van der Waals surface area contributed by atoms with Crippen molar-refractivity contribution >= 4 is 17.2 Å². The number of rotatable bonds is 3. The Morgan fingerprint density at radius 3 is 2.76 bits per heavy atom. The summed E-state index contributed by atoms with van der Waals surface area (Å²) in [5, 5.41) is 6.20.